The van der Waals surface area contributed by atoms with E-state index in [-0.39, 0.29) is 0 Å². The third-order valence-corrected chi connectivity index (χ3v) is 3.64. The Morgan fingerprint density at radius 1 is 1.05 bits per heavy atom. The molecule has 0 fully saturated rings. The molecular formula is C17H16ClN3O. The van der Waals surface area contributed by atoms with Crippen LogP contribution in [0.1, 0.15) is 0 Å². The number of hydrogen-bond donors (Lipinski definition) is 0. The van der Waals surface area contributed by atoms with E-state index in [9.17, 15) is 0 Å². The Balaban J connectivity index is 1.66. The van der Waals surface area contributed by atoms with Gasteiger partial charge in [0.1, 0.15) is 24.5 Å². The van der Waals surface area contributed by atoms with Crippen molar-refractivity contribution < 1.29 is 4.74 Å². The molecule has 0 spiro atoms. The summed E-state index contributed by atoms with van der Waals surface area (Å²) in [7, 11) is 2.00. The number of likely N-dealkylation sites (N-methyl/N-ethyl adjacent to an activating group) is 1. The Bertz CT molecular complexity index is 756. The van der Waals surface area contributed by atoms with E-state index in [0.29, 0.717) is 11.6 Å². The van der Waals surface area contributed by atoms with Gasteiger partial charge >= 0.3 is 0 Å². The molecule has 3 rings (SSSR count). The Hall–Kier alpha value is -2.33. The molecule has 0 radical (unpaired) electrons. The molecule has 5 heteroatoms. The van der Waals surface area contributed by atoms with E-state index in [1.54, 1.807) is 6.33 Å². The first kappa shape index (κ1) is 14.6. The summed E-state index contributed by atoms with van der Waals surface area (Å²) in [6.45, 7) is 1.29. The second-order valence-electron chi connectivity index (χ2n) is 4.94. The molecule has 0 amide bonds. The first-order valence-corrected chi connectivity index (χ1v) is 7.41. The summed E-state index contributed by atoms with van der Waals surface area (Å²) in [4.78, 5) is 10.7. The van der Waals surface area contributed by atoms with Crippen LogP contribution >= 0.6 is 11.6 Å². The third kappa shape index (κ3) is 3.28. The molecule has 4 nitrogen and oxygen atoms in total. The van der Waals surface area contributed by atoms with Crippen molar-refractivity contribution in [3.63, 3.8) is 0 Å². The monoisotopic (exact) mass is 313 g/mol. The fraction of sp³-hybridized carbons (Fsp3) is 0.176. The van der Waals surface area contributed by atoms with Crippen LogP contribution in [0.2, 0.25) is 5.02 Å². The first-order chi connectivity index (χ1) is 10.7. The Morgan fingerprint density at radius 2 is 1.82 bits per heavy atom. The van der Waals surface area contributed by atoms with Gasteiger partial charge in [-0.3, -0.25) is 0 Å². The molecule has 0 unspecified atom stereocenters. The molecule has 0 N–H and O–H groups in total. The molecule has 0 atom stereocenters. The fourth-order valence-electron chi connectivity index (χ4n) is 2.23. The number of aromatic nitrogens is 2. The average Bonchev–Trinajstić information content (AvgIpc) is 2.56. The highest BCUT2D eigenvalue weighted by Crippen LogP contribution is 2.21. The zero-order valence-corrected chi connectivity index (χ0v) is 13.0. The number of anilines is 1. The predicted octanol–water partition coefficient (Wildman–Crippen LogP) is 3.80. The van der Waals surface area contributed by atoms with Gasteiger partial charge in [0.2, 0.25) is 0 Å². The van der Waals surface area contributed by atoms with Crippen LogP contribution in [0.3, 0.4) is 0 Å². The minimum Gasteiger partial charge on any atom is -0.492 e. The van der Waals surface area contributed by atoms with Gasteiger partial charge in [-0.05, 0) is 36.4 Å². The molecule has 0 saturated heterocycles. The number of ether oxygens (including phenoxy) is 1. The SMILES string of the molecule is CN(CCOc1ccc(Cl)cc1)c1ncnc2ccccc12. The highest BCUT2D eigenvalue weighted by atomic mass is 35.5. The number of rotatable bonds is 5. The summed E-state index contributed by atoms with van der Waals surface area (Å²) in [6.07, 6.45) is 1.59. The van der Waals surface area contributed by atoms with Gasteiger partial charge in [0, 0.05) is 17.5 Å². The third-order valence-electron chi connectivity index (χ3n) is 3.39. The molecule has 0 aliphatic rings. The molecule has 22 heavy (non-hydrogen) atoms. The van der Waals surface area contributed by atoms with Crippen LogP contribution in [-0.2, 0) is 0 Å². The quantitative estimate of drug-likeness (QED) is 0.718. The first-order valence-electron chi connectivity index (χ1n) is 7.03. The molecule has 112 valence electrons. The van der Waals surface area contributed by atoms with Crippen molar-refractivity contribution in [1.82, 2.24) is 9.97 Å². The van der Waals surface area contributed by atoms with Crippen LogP contribution in [0.5, 0.6) is 5.75 Å². The lowest BCUT2D eigenvalue weighted by atomic mass is 10.2. The molecule has 1 aromatic heterocycles. The molecule has 3 aromatic rings. The number of hydrogen-bond acceptors (Lipinski definition) is 4. The normalized spacial score (nSPS) is 10.6. The number of benzene rings is 2. The van der Waals surface area contributed by atoms with E-state index < -0.39 is 0 Å². The fourth-order valence-corrected chi connectivity index (χ4v) is 2.36. The standard InChI is InChI=1S/C17H16ClN3O/c1-21(10-11-22-14-8-6-13(18)7-9-14)17-15-4-2-3-5-16(15)19-12-20-17/h2-9,12H,10-11H2,1H3. The van der Waals surface area contributed by atoms with Crippen LogP contribution in [-0.4, -0.2) is 30.2 Å². The summed E-state index contributed by atoms with van der Waals surface area (Å²) >= 11 is 5.85. The zero-order chi connectivity index (χ0) is 15.4. The van der Waals surface area contributed by atoms with Crippen molar-refractivity contribution in [3.8, 4) is 5.75 Å². The highest BCUT2D eigenvalue weighted by Gasteiger charge is 2.08. The second kappa shape index (κ2) is 6.62. The Labute approximate surface area is 134 Å². The lowest BCUT2D eigenvalue weighted by molar-refractivity contribution is 0.326. The minimum atomic E-state index is 0.566. The van der Waals surface area contributed by atoms with Crippen molar-refractivity contribution in [2.75, 3.05) is 25.1 Å². The van der Waals surface area contributed by atoms with Crippen molar-refractivity contribution in [1.29, 1.82) is 0 Å². The molecule has 0 aliphatic carbocycles. The van der Waals surface area contributed by atoms with Gasteiger partial charge in [0.25, 0.3) is 0 Å². The lowest BCUT2D eigenvalue weighted by Gasteiger charge is -2.19. The van der Waals surface area contributed by atoms with Crippen molar-refractivity contribution >= 4 is 28.3 Å². The maximum absolute atomic E-state index is 5.85. The topological polar surface area (TPSA) is 38.2 Å². The van der Waals surface area contributed by atoms with E-state index in [1.807, 2.05) is 55.6 Å². The molecular weight excluding hydrogens is 298 g/mol. The second-order valence-corrected chi connectivity index (χ2v) is 5.37. The average molecular weight is 314 g/mol. The summed E-state index contributed by atoms with van der Waals surface area (Å²) in [6, 6.07) is 15.3. The Morgan fingerprint density at radius 3 is 2.64 bits per heavy atom. The maximum Gasteiger partial charge on any atom is 0.139 e. The maximum atomic E-state index is 5.85. The van der Waals surface area contributed by atoms with Crippen molar-refractivity contribution in [2.24, 2.45) is 0 Å². The lowest BCUT2D eigenvalue weighted by Crippen LogP contribution is -2.24. The number of halogens is 1. The summed E-state index contributed by atoms with van der Waals surface area (Å²) < 4.78 is 5.72. The summed E-state index contributed by atoms with van der Waals surface area (Å²) in [5.41, 5.74) is 0.943. The summed E-state index contributed by atoms with van der Waals surface area (Å²) in [5.74, 6) is 1.72. The zero-order valence-electron chi connectivity index (χ0n) is 12.2. The molecule has 0 saturated carbocycles. The van der Waals surface area contributed by atoms with E-state index in [1.165, 1.54) is 0 Å². The van der Waals surface area contributed by atoms with Gasteiger partial charge in [0.05, 0.1) is 12.1 Å². The predicted molar refractivity (Wildman–Crippen MR) is 89.8 cm³/mol. The van der Waals surface area contributed by atoms with Crippen LogP contribution in [0.15, 0.2) is 54.9 Å². The van der Waals surface area contributed by atoms with Gasteiger partial charge in [-0.2, -0.15) is 0 Å². The van der Waals surface area contributed by atoms with Crippen molar-refractivity contribution in [3.05, 3.63) is 59.9 Å². The van der Waals surface area contributed by atoms with Crippen LogP contribution in [0.25, 0.3) is 10.9 Å². The number of nitrogens with zero attached hydrogens (tertiary/aromatic N) is 3. The minimum absolute atomic E-state index is 0.566. The van der Waals surface area contributed by atoms with Gasteiger partial charge in [-0.25, -0.2) is 9.97 Å². The molecule has 1 heterocycles. The van der Waals surface area contributed by atoms with E-state index in [0.717, 1.165) is 29.0 Å². The largest absolute Gasteiger partial charge is 0.492 e. The van der Waals surface area contributed by atoms with E-state index in [2.05, 4.69) is 14.9 Å². The van der Waals surface area contributed by atoms with Gasteiger partial charge < -0.3 is 9.64 Å². The van der Waals surface area contributed by atoms with Crippen molar-refractivity contribution in [2.45, 2.75) is 0 Å². The molecule has 0 bridgehead atoms. The van der Waals surface area contributed by atoms with E-state index in [4.69, 9.17) is 16.3 Å². The van der Waals surface area contributed by atoms with E-state index >= 15 is 0 Å². The van der Waals surface area contributed by atoms with Crippen LogP contribution < -0.4 is 9.64 Å². The smallest absolute Gasteiger partial charge is 0.139 e. The number of para-hydroxylation sites is 1. The Kier molecular flexibility index (Phi) is 4.39. The van der Waals surface area contributed by atoms with Crippen LogP contribution in [0.4, 0.5) is 5.82 Å². The van der Waals surface area contributed by atoms with Gasteiger partial charge in [0.15, 0.2) is 0 Å². The van der Waals surface area contributed by atoms with Crippen LogP contribution in [0, 0.1) is 0 Å². The number of fused-ring (bicyclic) bond motifs is 1. The van der Waals surface area contributed by atoms with Gasteiger partial charge in [-0.1, -0.05) is 23.7 Å². The summed E-state index contributed by atoms with van der Waals surface area (Å²) in [5, 5.41) is 1.75. The molecule has 2 aromatic carbocycles. The highest BCUT2D eigenvalue weighted by molar-refractivity contribution is 6.30. The van der Waals surface area contributed by atoms with Gasteiger partial charge in [-0.15, -0.1) is 0 Å². The molecule has 0 aliphatic heterocycles.